The van der Waals surface area contributed by atoms with Gasteiger partial charge in [0.25, 0.3) is 0 Å². The molecule has 11 heteroatoms. The Hall–Kier alpha value is -2.56. The minimum Gasteiger partial charge on any atom is -0.535 e. The first-order chi connectivity index (χ1) is 14.6. The summed E-state index contributed by atoms with van der Waals surface area (Å²) < 4.78 is 51.0. The van der Waals surface area contributed by atoms with E-state index in [9.17, 15) is 32.6 Å². The Balaban J connectivity index is 1.93. The number of ketones is 1. The predicted molar refractivity (Wildman–Crippen MR) is 103 cm³/mol. The fourth-order valence-electron chi connectivity index (χ4n) is 3.13. The Morgan fingerprint density at radius 3 is 2.65 bits per heavy atom. The average molecular weight is 444 g/mol. The molecular weight excluding hydrogens is 420 g/mol. The third kappa shape index (κ3) is 7.89. The molecule has 1 aliphatic heterocycles. The van der Waals surface area contributed by atoms with Crippen LogP contribution in [0.3, 0.4) is 0 Å². The van der Waals surface area contributed by atoms with Gasteiger partial charge in [0.2, 0.25) is 6.79 Å². The Labute approximate surface area is 178 Å². The highest BCUT2D eigenvalue weighted by Crippen LogP contribution is 2.36. The van der Waals surface area contributed by atoms with Crippen LogP contribution in [0.2, 0.25) is 5.82 Å². The summed E-state index contributed by atoms with van der Waals surface area (Å²) in [6.07, 6.45) is -4.13. The van der Waals surface area contributed by atoms with Gasteiger partial charge in [-0.2, -0.15) is 13.2 Å². The summed E-state index contributed by atoms with van der Waals surface area (Å²) in [7, 11) is -1.28. The molecule has 0 spiro atoms. The zero-order valence-electron chi connectivity index (χ0n) is 17.1. The number of ether oxygens (including phenoxy) is 2. The number of Topliss-reactive ketones (excluding diaryl/α,β-unsaturated/α-hetero) is 1. The number of hydrogen-bond acceptors (Lipinski definition) is 7. The van der Waals surface area contributed by atoms with E-state index in [1.807, 2.05) is 6.92 Å². The molecule has 0 aromatic heterocycles. The van der Waals surface area contributed by atoms with E-state index in [0.717, 1.165) is 12.8 Å². The third-order valence-corrected chi connectivity index (χ3v) is 4.76. The molecule has 1 aromatic carbocycles. The van der Waals surface area contributed by atoms with Gasteiger partial charge in [0.05, 0.1) is 12.8 Å². The van der Waals surface area contributed by atoms with Gasteiger partial charge < -0.3 is 19.2 Å². The van der Waals surface area contributed by atoms with Crippen molar-refractivity contribution in [1.82, 2.24) is 0 Å². The van der Waals surface area contributed by atoms with Gasteiger partial charge in [-0.15, -0.1) is 0 Å². The molecule has 1 aliphatic rings. The molecule has 170 valence electrons. The van der Waals surface area contributed by atoms with Gasteiger partial charge in [-0.25, -0.2) is 4.79 Å². The molecule has 1 heterocycles. The minimum absolute atomic E-state index is 0.0286. The first kappa shape index (κ1) is 24.7. The van der Waals surface area contributed by atoms with E-state index in [1.165, 1.54) is 6.07 Å². The molecular formula is C20H24BF3O7. The van der Waals surface area contributed by atoms with E-state index < -0.39 is 50.7 Å². The number of unbranched alkanes of at least 4 members (excludes halogenated alkanes) is 1. The lowest BCUT2D eigenvalue weighted by atomic mass is 9.64. The van der Waals surface area contributed by atoms with Crippen molar-refractivity contribution in [3.8, 4) is 5.75 Å². The van der Waals surface area contributed by atoms with Gasteiger partial charge in [0.15, 0.2) is 0 Å². The van der Waals surface area contributed by atoms with Crippen molar-refractivity contribution < 1.29 is 46.7 Å². The first-order valence-corrected chi connectivity index (χ1v) is 9.98. The molecule has 1 N–H and O–H groups in total. The Morgan fingerprint density at radius 1 is 1.23 bits per heavy atom. The van der Waals surface area contributed by atoms with Crippen LogP contribution in [0.5, 0.6) is 5.75 Å². The molecule has 0 radical (unpaired) electrons. The largest absolute Gasteiger partial charge is 0.535 e. The summed E-state index contributed by atoms with van der Waals surface area (Å²) >= 11 is 0. The zero-order chi connectivity index (χ0) is 23.0. The lowest BCUT2D eigenvalue weighted by Gasteiger charge is -2.28. The molecule has 31 heavy (non-hydrogen) atoms. The molecule has 1 aromatic rings. The van der Waals surface area contributed by atoms with Crippen LogP contribution >= 0.6 is 0 Å². The quantitative estimate of drug-likeness (QED) is 0.334. The van der Waals surface area contributed by atoms with Gasteiger partial charge in [-0.1, -0.05) is 25.5 Å². The van der Waals surface area contributed by atoms with Crippen LogP contribution in [-0.4, -0.2) is 42.8 Å². The molecule has 0 unspecified atom stereocenters. The Bertz CT molecular complexity index is 797. The molecule has 0 bridgehead atoms. The predicted octanol–water partition coefficient (Wildman–Crippen LogP) is 3.62. The van der Waals surface area contributed by atoms with E-state index in [0.29, 0.717) is 18.4 Å². The van der Waals surface area contributed by atoms with Crippen LogP contribution in [0.1, 0.15) is 61.4 Å². The van der Waals surface area contributed by atoms with Gasteiger partial charge in [-0.3, -0.25) is 9.59 Å². The normalized spacial score (nSPS) is 15.6. The molecule has 2 rings (SSSR count). The highest BCUT2D eigenvalue weighted by molar-refractivity contribution is 6.47. The number of esters is 2. The summed E-state index contributed by atoms with van der Waals surface area (Å²) in [5.74, 6) is -2.40. The number of carbonyl (C=O) groups excluding carboxylic acids is 3. The summed E-state index contributed by atoms with van der Waals surface area (Å²) in [4.78, 5) is 35.6. The van der Waals surface area contributed by atoms with Gasteiger partial charge >= 0.3 is 25.2 Å². The van der Waals surface area contributed by atoms with E-state index in [1.54, 1.807) is 12.1 Å². The molecule has 7 nitrogen and oxygen atoms in total. The van der Waals surface area contributed by atoms with Crippen LogP contribution in [-0.2, 0) is 25.5 Å². The van der Waals surface area contributed by atoms with Crippen LogP contribution in [0.25, 0.3) is 0 Å². The fourth-order valence-corrected chi connectivity index (χ4v) is 3.13. The van der Waals surface area contributed by atoms with Crippen molar-refractivity contribution in [2.24, 2.45) is 0 Å². The smallest absolute Gasteiger partial charge is 0.526 e. The van der Waals surface area contributed by atoms with Crippen molar-refractivity contribution in [1.29, 1.82) is 0 Å². The maximum Gasteiger partial charge on any atom is 0.526 e. The summed E-state index contributed by atoms with van der Waals surface area (Å²) in [6, 6.07) is 4.65. The number of benzene rings is 1. The number of alkyl halides is 3. The minimum atomic E-state index is -4.49. The topological polar surface area (TPSA) is 99.1 Å². The number of fused-ring (bicyclic) bond motifs is 1. The monoisotopic (exact) mass is 444 g/mol. The van der Waals surface area contributed by atoms with Crippen LogP contribution in [0.4, 0.5) is 13.2 Å². The highest BCUT2D eigenvalue weighted by Gasteiger charge is 2.37. The second-order valence-corrected chi connectivity index (χ2v) is 7.29. The van der Waals surface area contributed by atoms with Gasteiger partial charge in [0, 0.05) is 18.7 Å². The van der Waals surface area contributed by atoms with E-state index in [2.05, 4.69) is 4.74 Å². The summed E-state index contributed by atoms with van der Waals surface area (Å²) in [6.45, 7) is 1.13. The van der Waals surface area contributed by atoms with Crippen molar-refractivity contribution in [2.45, 2.75) is 63.9 Å². The van der Waals surface area contributed by atoms with E-state index >= 15 is 0 Å². The molecule has 0 amide bonds. The maximum atomic E-state index is 12.3. The van der Waals surface area contributed by atoms with E-state index in [4.69, 9.17) is 9.39 Å². The number of para-hydroxylation sites is 1. The number of halogens is 3. The van der Waals surface area contributed by atoms with Crippen LogP contribution in [0, 0.1) is 0 Å². The molecule has 1 atom stereocenters. The van der Waals surface area contributed by atoms with Gasteiger partial charge in [0.1, 0.15) is 17.1 Å². The van der Waals surface area contributed by atoms with Crippen molar-refractivity contribution in [3.05, 3.63) is 29.3 Å². The standard InChI is InChI=1S/C20H24BF3O7/c1-2-3-6-15(25)11-14-10-13-5-4-7-16(18(13)31-21(14)28)19(27)30-12-29-17(26)8-9-20(22,23)24/h4-5,7,14,28H,2-3,6,8-12H2,1H3/t14-/m1/s1. The summed E-state index contributed by atoms with van der Waals surface area (Å²) in [5.41, 5.74) is 0.578. The Kier molecular flexibility index (Phi) is 8.91. The molecule has 0 aliphatic carbocycles. The number of hydrogen-bond donors (Lipinski definition) is 1. The van der Waals surface area contributed by atoms with Crippen molar-refractivity contribution >= 4 is 24.8 Å². The molecule has 0 saturated heterocycles. The summed E-state index contributed by atoms with van der Waals surface area (Å²) in [5, 5.41) is 10.3. The lowest BCUT2D eigenvalue weighted by molar-refractivity contribution is -0.163. The fraction of sp³-hybridized carbons (Fsp3) is 0.550. The second-order valence-electron chi connectivity index (χ2n) is 7.29. The third-order valence-electron chi connectivity index (χ3n) is 4.76. The lowest BCUT2D eigenvalue weighted by Crippen LogP contribution is -2.36. The molecule has 0 fully saturated rings. The van der Waals surface area contributed by atoms with Crippen LogP contribution < -0.4 is 4.65 Å². The van der Waals surface area contributed by atoms with E-state index in [-0.39, 0.29) is 23.5 Å². The van der Waals surface area contributed by atoms with Gasteiger partial charge in [-0.05, 0) is 24.5 Å². The SMILES string of the molecule is CCCCC(=O)C[C@H]1Cc2cccc(C(=O)OCOC(=O)CCC(F)(F)F)c2OB1O. The highest BCUT2D eigenvalue weighted by atomic mass is 19.4. The number of carbonyl (C=O) groups is 3. The second kappa shape index (κ2) is 11.2. The Morgan fingerprint density at radius 2 is 1.97 bits per heavy atom. The van der Waals surface area contributed by atoms with Crippen molar-refractivity contribution in [3.63, 3.8) is 0 Å². The zero-order valence-corrected chi connectivity index (χ0v) is 17.1. The average Bonchev–Trinajstić information content (AvgIpc) is 2.70. The number of rotatable bonds is 10. The first-order valence-electron chi connectivity index (χ1n) is 9.98. The van der Waals surface area contributed by atoms with Crippen molar-refractivity contribution in [2.75, 3.05) is 6.79 Å². The van der Waals surface area contributed by atoms with Crippen LogP contribution in [0.15, 0.2) is 18.2 Å². The molecule has 0 saturated carbocycles. The maximum absolute atomic E-state index is 12.3.